The van der Waals surface area contributed by atoms with Crippen molar-refractivity contribution >= 4 is 0 Å². The molecule has 0 rings (SSSR count). The van der Waals surface area contributed by atoms with Gasteiger partial charge in [0, 0.05) is 0 Å². The minimum absolute atomic E-state index is 0.0953. The third-order valence-electron chi connectivity index (χ3n) is 2.29. The molecule has 0 aliphatic heterocycles. The molecule has 0 radical (unpaired) electrons. The lowest BCUT2D eigenvalue weighted by Crippen LogP contribution is -2.05. The van der Waals surface area contributed by atoms with E-state index in [0.29, 0.717) is 0 Å². The molecule has 1 atom stereocenters. The van der Waals surface area contributed by atoms with Crippen molar-refractivity contribution in [3.8, 4) is 0 Å². The quantitative estimate of drug-likeness (QED) is 0.448. The Morgan fingerprint density at radius 3 is 2.53 bits per heavy atom. The summed E-state index contributed by atoms with van der Waals surface area (Å²) in [4.78, 5) is 0. The van der Waals surface area contributed by atoms with E-state index in [0.717, 1.165) is 32.1 Å². The van der Waals surface area contributed by atoms with Crippen molar-refractivity contribution in [2.24, 2.45) is 0 Å². The zero-order valence-electron chi connectivity index (χ0n) is 9.86. The van der Waals surface area contributed by atoms with Gasteiger partial charge in [0.2, 0.25) is 0 Å². The van der Waals surface area contributed by atoms with E-state index in [-0.39, 0.29) is 6.10 Å². The van der Waals surface area contributed by atoms with Crippen LogP contribution in [0.15, 0.2) is 37.0 Å². The van der Waals surface area contributed by atoms with Crippen LogP contribution >= 0.6 is 0 Å². The summed E-state index contributed by atoms with van der Waals surface area (Å²) < 4.78 is 0. The van der Waals surface area contributed by atoms with E-state index in [2.05, 4.69) is 19.6 Å². The summed E-state index contributed by atoms with van der Waals surface area (Å²) in [5.41, 5.74) is 0. The van der Waals surface area contributed by atoms with Gasteiger partial charge in [-0.1, -0.05) is 56.7 Å². The molecule has 0 aliphatic carbocycles. The van der Waals surface area contributed by atoms with Gasteiger partial charge in [-0.3, -0.25) is 0 Å². The van der Waals surface area contributed by atoms with Gasteiger partial charge in [0.1, 0.15) is 0 Å². The number of unbranched alkanes of at least 4 members (excludes halogenated alkanes) is 2. The van der Waals surface area contributed by atoms with Crippen molar-refractivity contribution in [3.63, 3.8) is 0 Å². The second-order valence-corrected chi connectivity index (χ2v) is 3.78. The van der Waals surface area contributed by atoms with E-state index in [9.17, 15) is 5.11 Å². The highest BCUT2D eigenvalue weighted by Crippen LogP contribution is 2.08. The van der Waals surface area contributed by atoms with Crippen molar-refractivity contribution in [1.29, 1.82) is 0 Å². The number of allylic oxidation sites excluding steroid dienone is 5. The number of rotatable bonds is 9. The maximum atomic E-state index is 9.57. The largest absolute Gasteiger partial charge is 0.393 e. The summed E-state index contributed by atoms with van der Waals surface area (Å²) in [5, 5.41) is 9.57. The summed E-state index contributed by atoms with van der Waals surface area (Å²) in [6.45, 7) is 5.75. The molecule has 1 nitrogen and oxygen atoms in total. The third kappa shape index (κ3) is 11.1. The van der Waals surface area contributed by atoms with E-state index in [1.54, 1.807) is 6.08 Å². The van der Waals surface area contributed by atoms with Crippen LogP contribution in [0.25, 0.3) is 0 Å². The minimum atomic E-state index is -0.0953. The minimum Gasteiger partial charge on any atom is -0.393 e. The molecule has 0 spiro atoms. The van der Waals surface area contributed by atoms with Gasteiger partial charge in [0.25, 0.3) is 0 Å². The molecule has 0 aromatic carbocycles. The Kier molecular flexibility index (Phi) is 10.6. The van der Waals surface area contributed by atoms with Crippen LogP contribution in [-0.2, 0) is 0 Å². The highest BCUT2D eigenvalue weighted by Gasteiger charge is 2.01. The van der Waals surface area contributed by atoms with Gasteiger partial charge in [0.15, 0.2) is 0 Å². The molecular formula is C14H24O. The Morgan fingerprint density at radius 2 is 1.87 bits per heavy atom. The lowest BCUT2D eigenvalue weighted by Gasteiger charge is -2.07. The van der Waals surface area contributed by atoms with E-state index >= 15 is 0 Å². The van der Waals surface area contributed by atoms with Crippen molar-refractivity contribution in [3.05, 3.63) is 37.0 Å². The molecule has 0 heterocycles. The molecule has 0 aromatic rings. The van der Waals surface area contributed by atoms with Gasteiger partial charge in [-0.05, 0) is 25.7 Å². The molecule has 0 bridgehead atoms. The smallest absolute Gasteiger partial charge is 0.0540 e. The van der Waals surface area contributed by atoms with Gasteiger partial charge in [0.05, 0.1) is 6.10 Å². The highest BCUT2D eigenvalue weighted by atomic mass is 16.3. The number of hydrogen-bond donors (Lipinski definition) is 1. The Bertz CT molecular complexity index is 192. The van der Waals surface area contributed by atoms with Crippen LogP contribution in [-0.4, -0.2) is 11.2 Å². The fourth-order valence-corrected chi connectivity index (χ4v) is 1.37. The first-order chi connectivity index (χ1) is 7.31. The van der Waals surface area contributed by atoms with Gasteiger partial charge < -0.3 is 5.11 Å². The Morgan fingerprint density at radius 1 is 1.13 bits per heavy atom. The summed E-state index contributed by atoms with van der Waals surface area (Å²) >= 11 is 0. The van der Waals surface area contributed by atoms with E-state index in [4.69, 9.17) is 0 Å². The zero-order valence-corrected chi connectivity index (χ0v) is 9.86. The molecule has 1 unspecified atom stereocenters. The van der Waals surface area contributed by atoms with Crippen LogP contribution in [0.3, 0.4) is 0 Å². The Hall–Kier alpha value is -0.820. The fourth-order valence-electron chi connectivity index (χ4n) is 1.37. The van der Waals surface area contributed by atoms with Crippen LogP contribution < -0.4 is 0 Å². The summed E-state index contributed by atoms with van der Waals surface area (Å²) in [7, 11) is 0. The van der Waals surface area contributed by atoms with E-state index in [1.165, 1.54) is 6.42 Å². The molecule has 1 heteroatoms. The van der Waals surface area contributed by atoms with Crippen LogP contribution in [0.5, 0.6) is 0 Å². The van der Waals surface area contributed by atoms with Gasteiger partial charge in [-0.15, -0.1) is 0 Å². The molecule has 0 aromatic heterocycles. The number of hydrogen-bond acceptors (Lipinski definition) is 1. The first kappa shape index (κ1) is 14.2. The van der Waals surface area contributed by atoms with Crippen LogP contribution in [0, 0.1) is 0 Å². The van der Waals surface area contributed by atoms with Gasteiger partial charge in [-0.25, -0.2) is 0 Å². The summed E-state index contributed by atoms with van der Waals surface area (Å²) in [6.07, 6.45) is 16.0. The molecule has 15 heavy (non-hydrogen) atoms. The first-order valence-corrected chi connectivity index (χ1v) is 5.93. The van der Waals surface area contributed by atoms with Crippen molar-refractivity contribution in [1.82, 2.24) is 0 Å². The average Bonchev–Trinajstić information content (AvgIpc) is 2.25. The van der Waals surface area contributed by atoms with Gasteiger partial charge in [-0.2, -0.15) is 0 Å². The summed E-state index contributed by atoms with van der Waals surface area (Å²) in [5.74, 6) is 0. The molecule has 0 aliphatic rings. The normalized spacial score (nSPS) is 13.7. The maximum absolute atomic E-state index is 9.57. The number of aliphatic hydroxyl groups excluding tert-OH is 1. The molecule has 0 saturated heterocycles. The lowest BCUT2D eigenvalue weighted by atomic mass is 10.1. The predicted molar refractivity (Wildman–Crippen MR) is 67.9 cm³/mol. The standard InChI is InChI=1S/C14H24O/c1-3-5-7-8-9-10-11-13-14(15)12-6-4-2/h3,5,7-9,14-15H,1,4,6,10-13H2,2H3/b7-5?,9-8-. The van der Waals surface area contributed by atoms with Gasteiger partial charge >= 0.3 is 0 Å². The summed E-state index contributed by atoms with van der Waals surface area (Å²) in [6, 6.07) is 0. The zero-order chi connectivity index (χ0) is 11.4. The van der Waals surface area contributed by atoms with E-state index < -0.39 is 0 Å². The monoisotopic (exact) mass is 208 g/mol. The highest BCUT2D eigenvalue weighted by molar-refractivity contribution is 5.08. The fraction of sp³-hybridized carbons (Fsp3) is 0.571. The van der Waals surface area contributed by atoms with Crippen LogP contribution in [0.2, 0.25) is 0 Å². The van der Waals surface area contributed by atoms with Crippen molar-refractivity contribution in [2.75, 3.05) is 0 Å². The van der Waals surface area contributed by atoms with Crippen molar-refractivity contribution < 1.29 is 5.11 Å². The second kappa shape index (κ2) is 11.3. The molecular weight excluding hydrogens is 184 g/mol. The Labute approximate surface area is 94.2 Å². The maximum Gasteiger partial charge on any atom is 0.0540 e. The van der Waals surface area contributed by atoms with E-state index in [1.807, 2.05) is 18.2 Å². The SMILES string of the molecule is C=CC=C/C=C\CCCC(O)CCCC. The first-order valence-electron chi connectivity index (χ1n) is 5.93. The molecule has 0 fully saturated rings. The second-order valence-electron chi connectivity index (χ2n) is 3.78. The topological polar surface area (TPSA) is 20.2 Å². The Balaban J connectivity index is 3.33. The predicted octanol–water partition coefficient (Wildman–Crippen LogP) is 4.01. The molecule has 1 N–H and O–H groups in total. The number of aliphatic hydroxyl groups is 1. The average molecular weight is 208 g/mol. The lowest BCUT2D eigenvalue weighted by molar-refractivity contribution is 0.149. The molecule has 0 saturated carbocycles. The molecule has 0 amide bonds. The third-order valence-corrected chi connectivity index (χ3v) is 2.29. The van der Waals surface area contributed by atoms with Crippen LogP contribution in [0.4, 0.5) is 0 Å². The molecule has 86 valence electrons. The van der Waals surface area contributed by atoms with Crippen LogP contribution in [0.1, 0.15) is 45.4 Å². The van der Waals surface area contributed by atoms with Crippen molar-refractivity contribution in [2.45, 2.75) is 51.6 Å².